The summed E-state index contributed by atoms with van der Waals surface area (Å²) < 4.78 is 1.66. The second-order valence-electron chi connectivity index (χ2n) is 3.30. The number of halogens is 2. The van der Waals surface area contributed by atoms with E-state index in [-0.39, 0.29) is 6.61 Å². The van der Waals surface area contributed by atoms with Crippen LogP contribution in [0.5, 0.6) is 0 Å². The average molecular weight is 296 g/mol. The van der Waals surface area contributed by atoms with Gasteiger partial charge in [0.1, 0.15) is 4.34 Å². The van der Waals surface area contributed by atoms with Crippen LogP contribution in [0.2, 0.25) is 4.34 Å². The van der Waals surface area contributed by atoms with Gasteiger partial charge in [-0.2, -0.15) is 0 Å². The molecule has 1 nitrogen and oxygen atoms in total. The lowest BCUT2D eigenvalue weighted by Gasteiger charge is -2.06. The maximum absolute atomic E-state index is 9.13. The van der Waals surface area contributed by atoms with Crippen molar-refractivity contribution in [1.29, 1.82) is 0 Å². The van der Waals surface area contributed by atoms with E-state index >= 15 is 0 Å². The SMILES string of the molecule is CC(C)/C(=C\c1cc(Br)c(Cl)s1)CO. The molecule has 0 amide bonds. The molecule has 0 radical (unpaired) electrons. The summed E-state index contributed by atoms with van der Waals surface area (Å²) in [6, 6.07) is 1.96. The number of aliphatic hydroxyl groups is 1. The molecule has 0 aliphatic rings. The summed E-state index contributed by atoms with van der Waals surface area (Å²) in [5.41, 5.74) is 1.02. The first kappa shape index (κ1) is 12.2. The number of hydrogen-bond acceptors (Lipinski definition) is 2. The quantitative estimate of drug-likeness (QED) is 0.886. The van der Waals surface area contributed by atoms with Crippen LogP contribution in [0.15, 0.2) is 16.1 Å². The molecule has 1 heterocycles. The molecule has 14 heavy (non-hydrogen) atoms. The Morgan fingerprint density at radius 1 is 1.71 bits per heavy atom. The topological polar surface area (TPSA) is 20.2 Å². The normalized spacial score (nSPS) is 12.6. The van der Waals surface area contributed by atoms with Gasteiger partial charge in [0, 0.05) is 9.35 Å². The minimum atomic E-state index is 0.102. The summed E-state index contributed by atoms with van der Waals surface area (Å²) in [6.45, 7) is 4.23. The summed E-state index contributed by atoms with van der Waals surface area (Å²) in [5.74, 6) is 0.361. The lowest BCUT2D eigenvalue weighted by Crippen LogP contribution is -1.98. The smallest absolute Gasteiger partial charge is 0.108 e. The zero-order valence-electron chi connectivity index (χ0n) is 8.05. The molecule has 0 saturated heterocycles. The first-order chi connectivity index (χ1) is 6.54. The van der Waals surface area contributed by atoms with Crippen LogP contribution in [-0.2, 0) is 0 Å². The van der Waals surface area contributed by atoms with E-state index in [1.54, 1.807) is 0 Å². The molecule has 0 saturated carbocycles. The second-order valence-corrected chi connectivity index (χ2v) is 5.84. The largest absolute Gasteiger partial charge is 0.392 e. The van der Waals surface area contributed by atoms with Gasteiger partial charge in [0.25, 0.3) is 0 Å². The van der Waals surface area contributed by atoms with Gasteiger partial charge < -0.3 is 5.11 Å². The number of thiophene rings is 1. The molecule has 1 N–H and O–H groups in total. The van der Waals surface area contributed by atoms with Crippen LogP contribution in [0.4, 0.5) is 0 Å². The Hall–Kier alpha value is 0.170. The highest BCUT2D eigenvalue weighted by molar-refractivity contribution is 9.10. The first-order valence-corrected chi connectivity index (χ1v) is 6.29. The maximum Gasteiger partial charge on any atom is 0.108 e. The van der Waals surface area contributed by atoms with Crippen LogP contribution in [-0.4, -0.2) is 11.7 Å². The van der Waals surface area contributed by atoms with E-state index in [0.29, 0.717) is 5.92 Å². The molecule has 1 aromatic rings. The molecule has 4 heteroatoms. The molecule has 78 valence electrons. The van der Waals surface area contributed by atoms with E-state index in [4.69, 9.17) is 16.7 Å². The zero-order chi connectivity index (χ0) is 10.7. The second kappa shape index (κ2) is 5.31. The zero-order valence-corrected chi connectivity index (χ0v) is 11.2. The third kappa shape index (κ3) is 3.09. The first-order valence-electron chi connectivity index (χ1n) is 4.30. The van der Waals surface area contributed by atoms with E-state index in [1.165, 1.54) is 11.3 Å². The van der Waals surface area contributed by atoms with Crippen molar-refractivity contribution >= 4 is 44.9 Å². The van der Waals surface area contributed by atoms with Gasteiger partial charge >= 0.3 is 0 Å². The van der Waals surface area contributed by atoms with Crippen molar-refractivity contribution in [3.8, 4) is 0 Å². The molecule has 0 spiro atoms. The Morgan fingerprint density at radius 2 is 2.36 bits per heavy atom. The third-order valence-corrected chi connectivity index (χ3v) is 4.34. The summed E-state index contributed by atoms with van der Waals surface area (Å²) in [5, 5.41) is 9.13. The lowest BCUT2D eigenvalue weighted by atomic mass is 10.0. The summed E-state index contributed by atoms with van der Waals surface area (Å²) >= 11 is 10.8. The van der Waals surface area contributed by atoms with Crippen LogP contribution in [0.1, 0.15) is 18.7 Å². The molecule has 0 unspecified atom stereocenters. The van der Waals surface area contributed by atoms with Crippen molar-refractivity contribution in [3.63, 3.8) is 0 Å². The van der Waals surface area contributed by atoms with Gasteiger partial charge in [-0.1, -0.05) is 25.4 Å². The van der Waals surface area contributed by atoms with Crippen molar-refractivity contribution < 1.29 is 5.11 Å². The minimum absolute atomic E-state index is 0.102. The van der Waals surface area contributed by atoms with Crippen molar-refractivity contribution in [1.82, 2.24) is 0 Å². The summed E-state index contributed by atoms with van der Waals surface area (Å²) in [7, 11) is 0. The van der Waals surface area contributed by atoms with Crippen molar-refractivity contribution in [2.24, 2.45) is 5.92 Å². The number of hydrogen-bond donors (Lipinski definition) is 1. The Kier molecular flexibility index (Phi) is 4.64. The number of rotatable bonds is 3. The van der Waals surface area contributed by atoms with Gasteiger partial charge in [0.15, 0.2) is 0 Å². The lowest BCUT2D eigenvalue weighted by molar-refractivity contribution is 0.320. The van der Waals surface area contributed by atoms with Crippen LogP contribution >= 0.6 is 38.9 Å². The van der Waals surface area contributed by atoms with Gasteiger partial charge in [0.05, 0.1) is 6.61 Å². The molecule has 1 aromatic heterocycles. The average Bonchev–Trinajstić information content (AvgIpc) is 2.41. The van der Waals surface area contributed by atoms with Gasteiger partial charge in [-0.3, -0.25) is 0 Å². The highest BCUT2D eigenvalue weighted by Gasteiger charge is 2.05. The molecule has 0 bridgehead atoms. The van der Waals surface area contributed by atoms with Gasteiger partial charge in [-0.15, -0.1) is 11.3 Å². The Bertz CT molecular complexity index is 324. The van der Waals surface area contributed by atoms with Gasteiger partial charge in [-0.05, 0) is 39.6 Å². The fraction of sp³-hybridized carbons (Fsp3) is 0.400. The van der Waals surface area contributed by atoms with Crippen LogP contribution < -0.4 is 0 Å². The summed E-state index contributed by atoms with van der Waals surface area (Å²) in [4.78, 5) is 1.07. The molecule has 0 fully saturated rings. The van der Waals surface area contributed by atoms with Crippen LogP contribution in [0.25, 0.3) is 6.08 Å². The van der Waals surface area contributed by atoms with E-state index in [9.17, 15) is 0 Å². The molecule has 0 aliphatic heterocycles. The predicted molar refractivity (Wildman–Crippen MR) is 66.9 cm³/mol. The highest BCUT2D eigenvalue weighted by atomic mass is 79.9. The van der Waals surface area contributed by atoms with E-state index in [0.717, 1.165) is 19.3 Å². The number of aliphatic hydroxyl groups excluding tert-OH is 1. The van der Waals surface area contributed by atoms with Crippen LogP contribution in [0, 0.1) is 5.92 Å². The standard InChI is InChI=1S/C10H12BrClOS/c1-6(2)7(5-13)3-8-4-9(11)10(12)14-8/h3-4,6,13H,5H2,1-2H3/b7-3-. The Morgan fingerprint density at radius 3 is 2.71 bits per heavy atom. The van der Waals surface area contributed by atoms with Gasteiger partial charge in [-0.25, -0.2) is 0 Å². The molecule has 0 aromatic carbocycles. The fourth-order valence-corrected chi connectivity index (χ4v) is 2.73. The monoisotopic (exact) mass is 294 g/mol. The summed E-state index contributed by atoms with van der Waals surface area (Å²) in [6.07, 6.45) is 1.99. The maximum atomic E-state index is 9.13. The minimum Gasteiger partial charge on any atom is -0.392 e. The van der Waals surface area contributed by atoms with Crippen molar-refractivity contribution in [2.75, 3.05) is 6.61 Å². The van der Waals surface area contributed by atoms with Crippen molar-refractivity contribution in [2.45, 2.75) is 13.8 Å². The van der Waals surface area contributed by atoms with E-state index < -0.39 is 0 Å². The Labute approximate surface area is 102 Å². The van der Waals surface area contributed by atoms with Gasteiger partial charge in [0.2, 0.25) is 0 Å². The van der Waals surface area contributed by atoms with Crippen molar-refractivity contribution in [3.05, 3.63) is 25.3 Å². The van der Waals surface area contributed by atoms with E-state index in [1.807, 2.05) is 12.1 Å². The molecular formula is C10H12BrClOS. The molecule has 0 atom stereocenters. The third-order valence-electron chi connectivity index (χ3n) is 1.92. The highest BCUT2D eigenvalue weighted by Crippen LogP contribution is 2.33. The van der Waals surface area contributed by atoms with Crippen LogP contribution in [0.3, 0.4) is 0 Å². The molecule has 0 aliphatic carbocycles. The molecular weight excluding hydrogens is 284 g/mol. The Balaban J connectivity index is 2.94. The predicted octanol–water partition coefficient (Wildman–Crippen LogP) is 4.20. The van der Waals surface area contributed by atoms with E-state index in [2.05, 4.69) is 29.8 Å². The fourth-order valence-electron chi connectivity index (χ4n) is 1.01. The molecule has 1 rings (SSSR count).